The highest BCUT2D eigenvalue weighted by molar-refractivity contribution is 5.95. The highest BCUT2D eigenvalue weighted by Crippen LogP contribution is 2.36. The number of methoxy groups -OCH3 is 2. The molecule has 0 unspecified atom stereocenters. The highest BCUT2D eigenvalue weighted by atomic mass is 16.5. The summed E-state index contributed by atoms with van der Waals surface area (Å²) in [7, 11) is 3.24. The number of hydrogen-bond donors (Lipinski definition) is 1. The fraction of sp³-hybridized carbons (Fsp3) is 0.154. The molecular formula is C26H25N3O3. The van der Waals surface area contributed by atoms with Crippen LogP contribution in [0.25, 0.3) is 33.6 Å². The van der Waals surface area contributed by atoms with E-state index in [-0.39, 0.29) is 5.91 Å². The van der Waals surface area contributed by atoms with Gasteiger partial charge in [0.1, 0.15) is 11.5 Å². The summed E-state index contributed by atoms with van der Waals surface area (Å²) < 4.78 is 12.9. The molecule has 2 aromatic carbocycles. The maximum Gasteiger partial charge on any atom is 0.221 e. The lowest BCUT2D eigenvalue weighted by atomic mass is 10.0. The van der Waals surface area contributed by atoms with Gasteiger partial charge in [0, 0.05) is 35.9 Å². The number of nitrogens with one attached hydrogen (secondary N) is 1. The van der Waals surface area contributed by atoms with Gasteiger partial charge in [-0.3, -0.25) is 9.20 Å². The van der Waals surface area contributed by atoms with Crippen molar-refractivity contribution >= 4 is 22.8 Å². The number of fused-ring (bicyclic) bond motifs is 1. The first-order chi connectivity index (χ1) is 15.4. The second kappa shape index (κ2) is 8.59. The standard InChI is InChI=1S/C26H25N3O3/c1-16(2)18-7-6-8-19(11-18)24-14-27-26-23(28-17(3)30)12-20(15-29(24)26)22-10-9-21(31-4)13-25(22)32-5/h6-15H,1H2,2-5H3,(H,28,30). The van der Waals surface area contributed by atoms with Gasteiger partial charge in [-0.2, -0.15) is 0 Å². The number of aromatic nitrogens is 2. The van der Waals surface area contributed by atoms with Crippen molar-refractivity contribution in [1.29, 1.82) is 0 Å². The Balaban J connectivity index is 1.96. The smallest absolute Gasteiger partial charge is 0.221 e. The highest BCUT2D eigenvalue weighted by Gasteiger charge is 2.16. The van der Waals surface area contributed by atoms with E-state index in [0.717, 1.165) is 33.5 Å². The maximum atomic E-state index is 11.9. The maximum absolute atomic E-state index is 11.9. The van der Waals surface area contributed by atoms with Gasteiger partial charge in [-0.25, -0.2) is 4.98 Å². The SMILES string of the molecule is C=C(C)c1cccc(-c2cnc3c(NC(C)=O)cc(-c4ccc(OC)cc4OC)cn23)c1. The van der Waals surface area contributed by atoms with Crippen molar-refractivity contribution < 1.29 is 14.3 Å². The second-order valence-corrected chi connectivity index (χ2v) is 7.59. The summed E-state index contributed by atoms with van der Waals surface area (Å²) in [6.45, 7) is 7.52. The monoisotopic (exact) mass is 427 g/mol. The number of carbonyl (C=O) groups excluding carboxylic acids is 1. The Labute approximate surface area is 187 Å². The molecule has 0 aliphatic heterocycles. The summed E-state index contributed by atoms with van der Waals surface area (Å²) >= 11 is 0. The molecule has 1 N–H and O–H groups in total. The van der Waals surface area contributed by atoms with Crippen molar-refractivity contribution in [2.45, 2.75) is 13.8 Å². The number of allylic oxidation sites excluding steroid dienone is 1. The summed E-state index contributed by atoms with van der Waals surface area (Å²) in [6, 6.07) is 15.7. The molecule has 1 amide bonds. The Hall–Kier alpha value is -4.06. The Bertz CT molecular complexity index is 1340. The van der Waals surface area contributed by atoms with Crippen molar-refractivity contribution in [3.63, 3.8) is 0 Å². The minimum Gasteiger partial charge on any atom is -0.497 e. The van der Waals surface area contributed by atoms with Gasteiger partial charge in [-0.1, -0.05) is 30.4 Å². The Morgan fingerprint density at radius 1 is 1.03 bits per heavy atom. The molecule has 162 valence electrons. The van der Waals surface area contributed by atoms with Gasteiger partial charge in [0.05, 0.1) is 31.8 Å². The van der Waals surface area contributed by atoms with Crippen LogP contribution < -0.4 is 14.8 Å². The van der Waals surface area contributed by atoms with Crippen molar-refractivity contribution in [1.82, 2.24) is 9.38 Å². The Morgan fingerprint density at radius 2 is 1.84 bits per heavy atom. The molecule has 2 heterocycles. The first-order valence-corrected chi connectivity index (χ1v) is 10.2. The molecule has 6 heteroatoms. The van der Waals surface area contributed by atoms with Crippen LogP contribution >= 0.6 is 0 Å². The van der Waals surface area contributed by atoms with E-state index in [1.54, 1.807) is 14.2 Å². The predicted octanol–water partition coefficient (Wildman–Crippen LogP) is 5.68. The van der Waals surface area contributed by atoms with Crippen molar-refractivity contribution in [3.05, 3.63) is 73.1 Å². The number of nitrogens with zero attached hydrogens (tertiary/aromatic N) is 2. The van der Waals surface area contributed by atoms with Crippen LogP contribution in [0.15, 0.2) is 67.5 Å². The summed E-state index contributed by atoms with van der Waals surface area (Å²) in [5.41, 5.74) is 6.99. The van der Waals surface area contributed by atoms with Crippen LogP contribution in [0.5, 0.6) is 11.5 Å². The zero-order chi connectivity index (χ0) is 22.8. The largest absolute Gasteiger partial charge is 0.497 e. The molecule has 32 heavy (non-hydrogen) atoms. The van der Waals surface area contributed by atoms with Gasteiger partial charge in [-0.05, 0) is 36.8 Å². The Kier molecular flexibility index (Phi) is 5.69. The third-order valence-corrected chi connectivity index (χ3v) is 5.29. The molecule has 0 radical (unpaired) electrons. The number of hydrogen-bond acceptors (Lipinski definition) is 4. The molecule has 2 aromatic heterocycles. The minimum absolute atomic E-state index is 0.167. The minimum atomic E-state index is -0.167. The van der Waals surface area contributed by atoms with E-state index in [1.165, 1.54) is 6.92 Å². The number of pyridine rings is 1. The summed E-state index contributed by atoms with van der Waals surface area (Å²) in [6.07, 6.45) is 3.81. The predicted molar refractivity (Wildman–Crippen MR) is 128 cm³/mol. The quantitative estimate of drug-likeness (QED) is 0.430. The van der Waals surface area contributed by atoms with Gasteiger partial charge in [0.15, 0.2) is 5.65 Å². The van der Waals surface area contributed by atoms with E-state index in [4.69, 9.17) is 9.47 Å². The van der Waals surface area contributed by atoms with E-state index in [2.05, 4.69) is 22.9 Å². The molecule has 0 aliphatic carbocycles. The number of ether oxygens (including phenoxy) is 2. The number of rotatable bonds is 6. The van der Waals surface area contributed by atoms with E-state index >= 15 is 0 Å². The van der Waals surface area contributed by atoms with Crippen LogP contribution in [0.4, 0.5) is 5.69 Å². The van der Waals surface area contributed by atoms with Gasteiger partial charge < -0.3 is 14.8 Å². The fourth-order valence-corrected chi connectivity index (χ4v) is 3.71. The molecule has 0 atom stereocenters. The number of imidazole rings is 1. The zero-order valence-electron chi connectivity index (χ0n) is 18.6. The molecule has 4 aromatic rings. The van der Waals surface area contributed by atoms with Crippen molar-refractivity contribution in [2.75, 3.05) is 19.5 Å². The zero-order valence-corrected chi connectivity index (χ0v) is 18.6. The van der Waals surface area contributed by atoms with E-state index in [1.807, 2.05) is 66.2 Å². The number of benzene rings is 2. The first-order valence-electron chi connectivity index (χ1n) is 10.2. The van der Waals surface area contributed by atoms with E-state index in [0.29, 0.717) is 22.8 Å². The molecule has 4 rings (SSSR count). The Morgan fingerprint density at radius 3 is 2.53 bits per heavy atom. The lowest BCUT2D eigenvalue weighted by Gasteiger charge is -2.14. The van der Waals surface area contributed by atoms with Crippen molar-refractivity contribution in [2.24, 2.45) is 0 Å². The lowest BCUT2D eigenvalue weighted by Crippen LogP contribution is -2.08. The molecule has 0 saturated heterocycles. The van der Waals surface area contributed by atoms with Crippen molar-refractivity contribution in [3.8, 4) is 33.9 Å². The average molecular weight is 428 g/mol. The number of amides is 1. The summed E-state index contributed by atoms with van der Waals surface area (Å²) in [5, 5.41) is 2.91. The third kappa shape index (κ3) is 3.95. The molecular weight excluding hydrogens is 402 g/mol. The molecule has 0 saturated carbocycles. The summed E-state index contributed by atoms with van der Waals surface area (Å²) in [5.74, 6) is 1.21. The van der Waals surface area contributed by atoms with Crippen LogP contribution in [0.3, 0.4) is 0 Å². The van der Waals surface area contributed by atoms with Gasteiger partial charge in [0.2, 0.25) is 5.91 Å². The normalized spacial score (nSPS) is 10.8. The van der Waals surface area contributed by atoms with Crippen LogP contribution in [-0.4, -0.2) is 29.5 Å². The second-order valence-electron chi connectivity index (χ2n) is 7.59. The van der Waals surface area contributed by atoms with Crippen LogP contribution in [0, 0.1) is 0 Å². The molecule has 6 nitrogen and oxygen atoms in total. The topological polar surface area (TPSA) is 64.9 Å². The van der Waals surface area contributed by atoms with Gasteiger partial charge in [0.25, 0.3) is 0 Å². The number of anilines is 1. The van der Waals surface area contributed by atoms with Gasteiger partial charge in [-0.15, -0.1) is 0 Å². The van der Waals surface area contributed by atoms with Crippen LogP contribution in [0.1, 0.15) is 19.4 Å². The average Bonchev–Trinajstić information content (AvgIpc) is 3.22. The third-order valence-electron chi connectivity index (χ3n) is 5.29. The fourth-order valence-electron chi connectivity index (χ4n) is 3.71. The van der Waals surface area contributed by atoms with E-state index in [9.17, 15) is 4.79 Å². The van der Waals surface area contributed by atoms with Gasteiger partial charge >= 0.3 is 0 Å². The summed E-state index contributed by atoms with van der Waals surface area (Å²) in [4.78, 5) is 16.5. The first kappa shape index (κ1) is 21.2. The van der Waals surface area contributed by atoms with E-state index < -0.39 is 0 Å². The lowest BCUT2D eigenvalue weighted by molar-refractivity contribution is -0.114. The molecule has 0 fully saturated rings. The molecule has 0 aliphatic rings. The molecule has 0 spiro atoms. The van der Waals surface area contributed by atoms with Crippen LogP contribution in [-0.2, 0) is 4.79 Å². The molecule has 0 bridgehead atoms. The number of carbonyl (C=O) groups is 1. The van der Waals surface area contributed by atoms with Crippen LogP contribution in [0.2, 0.25) is 0 Å².